The third-order valence-corrected chi connectivity index (χ3v) is 3.83. The Labute approximate surface area is 99.8 Å². The first-order valence-corrected chi connectivity index (χ1v) is 7.50. The van der Waals surface area contributed by atoms with Crippen molar-refractivity contribution in [1.82, 2.24) is 0 Å². The predicted octanol–water partition coefficient (Wildman–Crippen LogP) is 1.30. The Morgan fingerprint density at radius 1 is 0.882 bits per heavy atom. The molecule has 0 spiro atoms. The number of rotatable bonds is 3. The van der Waals surface area contributed by atoms with Crippen LogP contribution in [0.15, 0.2) is 28.0 Å². The van der Waals surface area contributed by atoms with E-state index in [-0.39, 0.29) is 5.92 Å². The van der Waals surface area contributed by atoms with Gasteiger partial charge < -0.3 is 0 Å². The molecule has 0 aromatic heterocycles. The van der Waals surface area contributed by atoms with Crippen LogP contribution >= 0.6 is 0 Å². The van der Waals surface area contributed by atoms with Gasteiger partial charge in [0.05, 0.1) is 9.79 Å². The molecule has 0 unspecified atom stereocenters. The average Bonchev–Trinajstić information content (AvgIpc) is 2.14. The maximum absolute atomic E-state index is 11.0. The van der Waals surface area contributed by atoms with Gasteiger partial charge in [-0.1, -0.05) is 13.8 Å². The highest BCUT2D eigenvalue weighted by atomic mass is 32.2. The quantitative estimate of drug-likeness (QED) is 0.808. The van der Waals surface area contributed by atoms with E-state index in [9.17, 15) is 16.8 Å². The molecule has 1 aromatic carbocycles. The minimum absolute atomic E-state index is 0.155. The molecule has 0 aliphatic rings. The largest absolute Gasteiger partial charge is 0.294 e. The van der Waals surface area contributed by atoms with E-state index in [1.165, 1.54) is 0 Å². The molecule has 96 valence electrons. The normalized spacial score (nSPS) is 13.0. The molecule has 0 bridgehead atoms. The van der Waals surface area contributed by atoms with E-state index in [0.717, 1.165) is 12.1 Å². The molecule has 0 aliphatic carbocycles. The van der Waals surface area contributed by atoms with Gasteiger partial charge in [0.15, 0.2) is 0 Å². The maximum Gasteiger partial charge on any atom is 0.294 e. The number of benzene rings is 1. The maximum atomic E-state index is 11.0. The van der Waals surface area contributed by atoms with Crippen LogP contribution in [0.3, 0.4) is 0 Å². The third-order valence-electron chi connectivity index (χ3n) is 2.16. The fraction of sp³-hybridized carbons (Fsp3) is 0.333. The molecule has 0 saturated heterocycles. The molecule has 0 atom stereocenters. The Morgan fingerprint density at radius 3 is 1.47 bits per heavy atom. The van der Waals surface area contributed by atoms with E-state index in [1.807, 2.05) is 0 Å². The van der Waals surface area contributed by atoms with Crippen LogP contribution in [0.25, 0.3) is 0 Å². The standard InChI is InChI=1S/C9H12O6S2/c1-6(2)7-3-8(16(10,11)12)5-9(4-7)17(13,14)15/h3-6H,1-2H3,(H,10,11,12)(H,13,14,15). The first-order chi connectivity index (χ1) is 7.51. The van der Waals surface area contributed by atoms with E-state index in [2.05, 4.69) is 0 Å². The van der Waals surface area contributed by atoms with Crippen molar-refractivity contribution in [2.45, 2.75) is 29.6 Å². The van der Waals surface area contributed by atoms with E-state index in [4.69, 9.17) is 9.11 Å². The summed E-state index contributed by atoms with van der Waals surface area (Å²) in [5.41, 5.74) is 0.382. The highest BCUT2D eigenvalue weighted by Gasteiger charge is 2.18. The topological polar surface area (TPSA) is 109 Å². The fourth-order valence-electron chi connectivity index (χ4n) is 1.22. The summed E-state index contributed by atoms with van der Waals surface area (Å²) in [5.74, 6) is -0.155. The molecule has 0 amide bonds. The van der Waals surface area contributed by atoms with Crippen LogP contribution in [0.4, 0.5) is 0 Å². The zero-order chi connectivity index (χ0) is 13.4. The van der Waals surface area contributed by atoms with Crippen molar-refractivity contribution >= 4 is 20.2 Å². The van der Waals surface area contributed by atoms with Gasteiger partial charge in [0.25, 0.3) is 20.2 Å². The first-order valence-electron chi connectivity index (χ1n) is 4.62. The summed E-state index contributed by atoms with van der Waals surface area (Å²) in [6.45, 7) is 3.44. The third kappa shape index (κ3) is 3.50. The van der Waals surface area contributed by atoms with Crippen molar-refractivity contribution in [3.63, 3.8) is 0 Å². The van der Waals surface area contributed by atoms with Crippen molar-refractivity contribution in [3.8, 4) is 0 Å². The summed E-state index contributed by atoms with van der Waals surface area (Å²) < 4.78 is 61.6. The van der Waals surface area contributed by atoms with Crippen molar-refractivity contribution in [2.75, 3.05) is 0 Å². The van der Waals surface area contributed by atoms with Crippen LogP contribution in [-0.4, -0.2) is 25.9 Å². The molecule has 1 aromatic rings. The van der Waals surface area contributed by atoms with Crippen molar-refractivity contribution in [2.24, 2.45) is 0 Å². The summed E-state index contributed by atoms with van der Waals surface area (Å²) >= 11 is 0. The Kier molecular flexibility index (Phi) is 3.63. The summed E-state index contributed by atoms with van der Waals surface area (Å²) in [4.78, 5) is -1.12. The van der Waals surface area contributed by atoms with Crippen LogP contribution in [0.2, 0.25) is 0 Å². The summed E-state index contributed by atoms with van der Waals surface area (Å²) in [5, 5.41) is 0. The number of hydrogen-bond donors (Lipinski definition) is 2. The molecule has 0 heterocycles. The second-order valence-electron chi connectivity index (χ2n) is 3.84. The van der Waals surface area contributed by atoms with Gasteiger partial charge in [-0.3, -0.25) is 9.11 Å². The second kappa shape index (κ2) is 4.37. The van der Waals surface area contributed by atoms with Gasteiger partial charge >= 0.3 is 0 Å². The average molecular weight is 280 g/mol. The first kappa shape index (κ1) is 14.1. The number of hydrogen-bond acceptors (Lipinski definition) is 4. The van der Waals surface area contributed by atoms with Crippen molar-refractivity contribution in [3.05, 3.63) is 23.8 Å². The van der Waals surface area contributed by atoms with Crippen LogP contribution in [0.1, 0.15) is 25.3 Å². The lowest BCUT2D eigenvalue weighted by Crippen LogP contribution is -2.05. The van der Waals surface area contributed by atoms with Gasteiger partial charge in [-0.2, -0.15) is 16.8 Å². The molecular weight excluding hydrogens is 268 g/mol. The minimum Gasteiger partial charge on any atom is -0.282 e. The Morgan fingerprint density at radius 2 is 1.24 bits per heavy atom. The van der Waals surface area contributed by atoms with Gasteiger partial charge in [0.1, 0.15) is 0 Å². The van der Waals surface area contributed by atoms with Crippen LogP contribution < -0.4 is 0 Å². The lowest BCUT2D eigenvalue weighted by molar-refractivity contribution is 0.480. The molecule has 6 nitrogen and oxygen atoms in total. The highest BCUT2D eigenvalue weighted by Crippen LogP contribution is 2.23. The minimum atomic E-state index is -4.52. The molecule has 8 heteroatoms. The second-order valence-corrected chi connectivity index (χ2v) is 6.69. The smallest absolute Gasteiger partial charge is 0.282 e. The van der Waals surface area contributed by atoms with Gasteiger partial charge in [-0.05, 0) is 29.7 Å². The fourth-order valence-corrected chi connectivity index (χ4v) is 2.42. The van der Waals surface area contributed by atoms with Gasteiger partial charge in [0.2, 0.25) is 0 Å². The molecule has 2 N–H and O–H groups in total. The molecule has 17 heavy (non-hydrogen) atoms. The van der Waals surface area contributed by atoms with E-state index in [0.29, 0.717) is 11.6 Å². The van der Waals surface area contributed by atoms with Gasteiger partial charge in [0, 0.05) is 0 Å². The molecule has 0 aliphatic heterocycles. The molecular formula is C9H12O6S2. The van der Waals surface area contributed by atoms with E-state index >= 15 is 0 Å². The van der Waals surface area contributed by atoms with E-state index in [1.54, 1.807) is 13.8 Å². The van der Waals surface area contributed by atoms with Crippen molar-refractivity contribution < 1.29 is 25.9 Å². The Balaban J connectivity index is 3.62. The van der Waals surface area contributed by atoms with Crippen LogP contribution in [0.5, 0.6) is 0 Å². The van der Waals surface area contributed by atoms with Crippen molar-refractivity contribution in [1.29, 1.82) is 0 Å². The van der Waals surface area contributed by atoms with E-state index < -0.39 is 30.0 Å². The van der Waals surface area contributed by atoms with Gasteiger partial charge in [-0.15, -0.1) is 0 Å². The van der Waals surface area contributed by atoms with Gasteiger partial charge in [-0.25, -0.2) is 0 Å². The highest BCUT2D eigenvalue weighted by molar-refractivity contribution is 7.86. The zero-order valence-electron chi connectivity index (χ0n) is 9.15. The monoisotopic (exact) mass is 280 g/mol. The lowest BCUT2D eigenvalue weighted by atomic mass is 10.0. The predicted molar refractivity (Wildman–Crippen MR) is 60.2 cm³/mol. The Bertz CT molecular complexity index is 577. The molecule has 0 saturated carbocycles. The zero-order valence-corrected chi connectivity index (χ0v) is 10.8. The van der Waals surface area contributed by atoms with Crippen LogP contribution in [-0.2, 0) is 20.2 Å². The lowest BCUT2D eigenvalue weighted by Gasteiger charge is -2.09. The Hall–Kier alpha value is -0.960. The summed E-state index contributed by atoms with van der Waals surface area (Å²) in [6, 6.07) is 3.03. The molecule has 0 fully saturated rings. The van der Waals surface area contributed by atoms with Crippen LogP contribution in [0, 0.1) is 0 Å². The molecule has 1 rings (SSSR count). The SMILES string of the molecule is CC(C)c1cc(S(=O)(=O)O)cc(S(=O)(=O)O)c1. The summed E-state index contributed by atoms with van der Waals surface area (Å²) in [7, 11) is -9.03. The summed E-state index contributed by atoms with van der Waals surface area (Å²) in [6.07, 6.45) is 0. The molecule has 0 radical (unpaired) electrons.